The van der Waals surface area contributed by atoms with Gasteiger partial charge < -0.3 is 38.5 Å². The van der Waals surface area contributed by atoms with Crippen molar-refractivity contribution in [2.45, 2.75) is 393 Å². The van der Waals surface area contributed by atoms with Crippen LogP contribution in [-0.4, -0.2) is 101 Å². The summed E-state index contributed by atoms with van der Waals surface area (Å²) < 4.78 is 108. The van der Waals surface area contributed by atoms with E-state index < -0.39 is 97.1 Å². The molecule has 121 heavy (non-hydrogen) atoms. The third kappa shape index (κ3) is 62.7. The predicted octanol–water partition coefficient (Wildman–Crippen LogP) is 27.7. The number of phosphoric acid groups is 2. The molecular weight excluding hydrogens is 1570 g/mol. The first-order valence-corrected chi connectivity index (χ1v) is 50.3. The summed E-state index contributed by atoms with van der Waals surface area (Å²) in [4.78, 5) is 66.1. The van der Waals surface area contributed by atoms with Crippen LogP contribution in [0.2, 0.25) is 0 Å². The second-order valence-corrected chi connectivity index (χ2v) is 35.8. The molecular formula is C98H159NO20P2. The largest absolute Gasteiger partial charge is 0.508 e. The molecule has 4 rings (SSSR count). The van der Waals surface area contributed by atoms with Crippen LogP contribution in [0.5, 0.6) is 0 Å². The number of alkyl carbamates (subject to hydrolysis) is 1. The van der Waals surface area contributed by atoms with Crippen LogP contribution >= 0.6 is 15.6 Å². The van der Waals surface area contributed by atoms with Crippen LogP contribution in [0.3, 0.4) is 0 Å². The number of esters is 3. The van der Waals surface area contributed by atoms with Gasteiger partial charge in [-0.2, -0.15) is 0 Å². The third-order valence-electron chi connectivity index (χ3n) is 21.4. The van der Waals surface area contributed by atoms with E-state index >= 15 is 9.13 Å². The van der Waals surface area contributed by atoms with Crippen LogP contribution in [0.25, 0.3) is 0 Å². The van der Waals surface area contributed by atoms with Crippen molar-refractivity contribution in [1.82, 2.24) is 5.32 Å². The van der Waals surface area contributed by atoms with Crippen molar-refractivity contribution in [2.24, 2.45) is 0 Å². The molecule has 686 valence electrons. The van der Waals surface area contributed by atoms with Gasteiger partial charge in [0, 0.05) is 25.8 Å². The van der Waals surface area contributed by atoms with Gasteiger partial charge in [-0.05, 0) is 54.4 Å². The zero-order chi connectivity index (χ0) is 86.5. The number of nitrogens with one attached hydrogen (secondary N) is 1. The van der Waals surface area contributed by atoms with Crippen molar-refractivity contribution >= 4 is 45.8 Å². The molecule has 4 aromatic carbocycles. The standard InChI is InChI=1S/C98H159NO20P2/c1-4-7-10-13-16-19-22-25-28-32-37-42-59-72-94(100)109-81-92(118-95(101)73-60-43-38-33-29-26-23-20-17-14-11-8-5-2)85-116-120(105,112-79-89-68-55-49-56-69-89)114-83-91(108-77-87-64-51-47-52-65-87)84-115-121(106,113-80-90-70-57-50-58-71-90)117-86-93(119-96(102)74-61-44-39-34-30-27-24-21-18-15-12-9-6-3)82-111-98(104)107-76-63-46-41-36-31-35-40-45-62-75-99-97(103)110-78-88-66-53-48-54-67-88/h47-58,64-71,91-93H,4-46,59-63,72-86H2,1-3H3,(H,99,103)/t91-,92-,93-,120?,121?/m1/s1. The van der Waals surface area contributed by atoms with Crippen molar-refractivity contribution in [1.29, 1.82) is 0 Å². The van der Waals surface area contributed by atoms with Gasteiger partial charge >= 0.3 is 45.8 Å². The molecule has 0 spiro atoms. The lowest BCUT2D eigenvalue weighted by Crippen LogP contribution is -2.31. The smallest absolute Gasteiger partial charge is 0.462 e. The zero-order valence-electron chi connectivity index (χ0n) is 74.9. The molecule has 0 aromatic heterocycles. The van der Waals surface area contributed by atoms with Gasteiger partial charge in [0.25, 0.3) is 0 Å². The summed E-state index contributed by atoms with van der Waals surface area (Å²) in [6.07, 6.45) is 48.7. The summed E-state index contributed by atoms with van der Waals surface area (Å²) >= 11 is 0. The highest BCUT2D eigenvalue weighted by atomic mass is 31.2. The maximum absolute atomic E-state index is 15.3. The summed E-state index contributed by atoms with van der Waals surface area (Å²) in [6, 6.07) is 36.8. The second-order valence-electron chi connectivity index (χ2n) is 32.5. The molecule has 0 aliphatic carbocycles. The first kappa shape index (κ1) is 107. The summed E-state index contributed by atoms with van der Waals surface area (Å²) in [5, 5.41) is 2.82. The summed E-state index contributed by atoms with van der Waals surface area (Å²) in [5.74, 6) is -1.53. The predicted molar refractivity (Wildman–Crippen MR) is 482 cm³/mol. The number of phosphoric ester groups is 2. The van der Waals surface area contributed by atoms with Gasteiger partial charge in [-0.3, -0.25) is 41.5 Å². The minimum absolute atomic E-state index is 0.0180. The van der Waals surface area contributed by atoms with E-state index in [2.05, 4.69) is 26.1 Å². The zero-order valence-corrected chi connectivity index (χ0v) is 76.7. The SMILES string of the molecule is CCCCCCCCCCCCCCCC(=O)OC[C@H](COP(=O)(OCc1ccccc1)OC[C@H](COP(=O)(OCc1ccccc1)OC[C@@H](COC(=O)OCCCCCCCCCCCNC(=O)OCc1ccccc1)OC(=O)CCCCCCCCCCCCCCC)OCc1ccccc1)OC(=O)CCCCCCCCCCCCCCC. The normalized spacial score (nSPS) is 13.2. The van der Waals surface area contributed by atoms with Crippen LogP contribution in [0.15, 0.2) is 121 Å². The fraction of sp³-hybridized carbons (Fsp3) is 0.704. The minimum atomic E-state index is -4.74. The highest BCUT2D eigenvalue weighted by Crippen LogP contribution is 2.53. The monoisotopic (exact) mass is 1730 g/mol. The number of carbonyl (C=O) groups excluding carboxylic acids is 5. The Bertz CT molecular complexity index is 3210. The Labute approximate surface area is 730 Å². The Kier molecular flexibility index (Phi) is 66.8. The summed E-state index contributed by atoms with van der Waals surface area (Å²) in [7, 11) is -9.45. The van der Waals surface area contributed by atoms with E-state index in [1.165, 1.54) is 161 Å². The molecule has 4 aromatic rings. The van der Waals surface area contributed by atoms with Gasteiger partial charge in [0.05, 0.1) is 52.9 Å². The fourth-order valence-corrected chi connectivity index (χ4v) is 16.4. The maximum atomic E-state index is 15.3. The van der Waals surface area contributed by atoms with Crippen molar-refractivity contribution in [3.05, 3.63) is 144 Å². The number of hydrogen-bond donors (Lipinski definition) is 1. The van der Waals surface area contributed by atoms with Crippen LogP contribution in [0.1, 0.15) is 370 Å². The molecule has 0 bridgehead atoms. The van der Waals surface area contributed by atoms with Crippen molar-refractivity contribution in [2.75, 3.05) is 52.8 Å². The molecule has 21 nitrogen and oxygen atoms in total. The molecule has 0 radical (unpaired) electrons. The Hall–Kier alpha value is -5.99. The number of carbonyl (C=O) groups is 5. The van der Waals surface area contributed by atoms with Crippen molar-refractivity contribution in [3.8, 4) is 0 Å². The summed E-state index contributed by atoms with van der Waals surface area (Å²) in [6.45, 7) is 4.00. The van der Waals surface area contributed by atoms with Crippen LogP contribution < -0.4 is 5.32 Å². The molecule has 5 atom stereocenters. The van der Waals surface area contributed by atoms with Gasteiger partial charge in [-0.1, -0.05) is 418 Å². The van der Waals surface area contributed by atoms with Crippen LogP contribution in [0.4, 0.5) is 9.59 Å². The molecule has 0 fully saturated rings. The first-order chi connectivity index (χ1) is 59.3. The molecule has 0 aliphatic rings. The van der Waals surface area contributed by atoms with E-state index in [1.807, 2.05) is 72.8 Å². The Morgan fingerprint density at radius 2 is 0.554 bits per heavy atom. The van der Waals surface area contributed by atoms with Gasteiger partial charge in [0.2, 0.25) is 0 Å². The number of amides is 1. The number of rotatable bonds is 83. The van der Waals surface area contributed by atoms with Crippen LogP contribution in [0, 0.1) is 0 Å². The number of unbranched alkanes of at least 4 members (excludes halogenated alkanes) is 44. The van der Waals surface area contributed by atoms with E-state index in [-0.39, 0.29) is 58.9 Å². The van der Waals surface area contributed by atoms with E-state index in [9.17, 15) is 24.0 Å². The third-order valence-corrected chi connectivity index (χ3v) is 24.1. The average molecular weight is 1730 g/mol. The fourth-order valence-electron chi connectivity index (χ4n) is 13.9. The maximum Gasteiger partial charge on any atom is 0.508 e. The van der Waals surface area contributed by atoms with Gasteiger partial charge in [0.1, 0.15) is 25.9 Å². The Balaban J connectivity index is 1.45. The van der Waals surface area contributed by atoms with Gasteiger partial charge in [-0.15, -0.1) is 0 Å². The second kappa shape index (κ2) is 75.4. The highest BCUT2D eigenvalue weighted by molar-refractivity contribution is 7.48. The van der Waals surface area contributed by atoms with Crippen molar-refractivity contribution < 1.29 is 93.4 Å². The van der Waals surface area contributed by atoms with E-state index in [0.717, 1.165) is 133 Å². The lowest BCUT2D eigenvalue weighted by Gasteiger charge is -2.26. The van der Waals surface area contributed by atoms with E-state index in [4.69, 9.17) is 60.3 Å². The Morgan fingerprint density at radius 1 is 0.273 bits per heavy atom. The van der Waals surface area contributed by atoms with E-state index in [0.29, 0.717) is 43.4 Å². The number of ether oxygens (including phenoxy) is 7. The molecule has 0 saturated carbocycles. The first-order valence-electron chi connectivity index (χ1n) is 47.4. The topological polar surface area (TPSA) is 252 Å². The quantitative estimate of drug-likeness (QED) is 0.0187. The van der Waals surface area contributed by atoms with Crippen LogP contribution in [-0.2, 0) is 110 Å². The lowest BCUT2D eigenvalue weighted by molar-refractivity contribution is -0.161. The molecule has 23 heteroatoms. The average Bonchev–Trinajstić information content (AvgIpc) is 0.858. The molecule has 0 heterocycles. The summed E-state index contributed by atoms with van der Waals surface area (Å²) in [5.41, 5.74) is 2.96. The van der Waals surface area contributed by atoms with Gasteiger partial charge in [0.15, 0.2) is 12.2 Å². The molecule has 1 amide bonds. The minimum Gasteiger partial charge on any atom is -0.462 e. The highest BCUT2D eigenvalue weighted by Gasteiger charge is 2.35. The molecule has 0 saturated heterocycles. The van der Waals surface area contributed by atoms with E-state index in [1.54, 1.807) is 48.5 Å². The number of hydrogen-bond acceptors (Lipinski definition) is 20. The lowest BCUT2D eigenvalue weighted by atomic mass is 10.0. The molecule has 0 aliphatic heterocycles. The van der Waals surface area contributed by atoms with Crippen molar-refractivity contribution in [3.63, 3.8) is 0 Å². The number of benzene rings is 4. The molecule has 2 unspecified atom stereocenters. The van der Waals surface area contributed by atoms with Gasteiger partial charge in [-0.25, -0.2) is 18.7 Å². The molecule has 1 N–H and O–H groups in total. The Morgan fingerprint density at radius 3 is 0.901 bits per heavy atom.